The van der Waals surface area contributed by atoms with E-state index in [2.05, 4.69) is 15.7 Å². The summed E-state index contributed by atoms with van der Waals surface area (Å²) in [5.74, 6) is 1.58. The minimum atomic E-state index is 0.296. The lowest BCUT2D eigenvalue weighted by Crippen LogP contribution is -2.18. The summed E-state index contributed by atoms with van der Waals surface area (Å²) in [5.41, 5.74) is 1.99. The molecule has 4 rings (SSSR count). The van der Waals surface area contributed by atoms with Crippen molar-refractivity contribution in [3.8, 4) is 22.8 Å². The monoisotopic (exact) mass is 304 g/mol. The van der Waals surface area contributed by atoms with Crippen molar-refractivity contribution in [1.82, 2.24) is 4.98 Å². The second kappa shape index (κ2) is 5.54. The number of nitrogens with one attached hydrogen (secondary N) is 1. The largest absolute Gasteiger partial charge is 0.454 e. The van der Waals surface area contributed by atoms with Crippen LogP contribution < -0.4 is 14.8 Å². The zero-order chi connectivity index (χ0) is 14.1. The number of benzene rings is 1. The van der Waals surface area contributed by atoms with Crippen LogP contribution >= 0.6 is 11.3 Å². The van der Waals surface area contributed by atoms with Crippen LogP contribution in [-0.2, 0) is 4.74 Å². The lowest BCUT2D eigenvalue weighted by molar-refractivity contribution is 0.120. The van der Waals surface area contributed by atoms with Gasteiger partial charge in [-0.15, -0.1) is 11.3 Å². The Balaban J connectivity index is 1.46. The second-order valence-electron chi connectivity index (χ2n) is 5.12. The first-order chi connectivity index (χ1) is 10.4. The molecular formula is C15H16N2O3S. The van der Waals surface area contributed by atoms with Gasteiger partial charge in [0.1, 0.15) is 0 Å². The highest BCUT2D eigenvalue weighted by Gasteiger charge is 2.17. The molecule has 1 saturated heterocycles. The van der Waals surface area contributed by atoms with Crippen LogP contribution in [0.2, 0.25) is 0 Å². The summed E-state index contributed by atoms with van der Waals surface area (Å²) in [6, 6.07) is 5.91. The van der Waals surface area contributed by atoms with E-state index in [9.17, 15) is 0 Å². The van der Waals surface area contributed by atoms with Crippen LogP contribution in [0.1, 0.15) is 12.8 Å². The number of hydrogen-bond donors (Lipinski definition) is 1. The molecule has 0 spiro atoms. The quantitative estimate of drug-likeness (QED) is 0.940. The molecule has 0 amide bonds. The predicted octanol–water partition coefficient (Wildman–Crippen LogP) is 3.13. The Morgan fingerprint density at radius 2 is 2.24 bits per heavy atom. The summed E-state index contributed by atoms with van der Waals surface area (Å²) < 4.78 is 16.3. The van der Waals surface area contributed by atoms with E-state index in [1.807, 2.05) is 18.2 Å². The third kappa shape index (κ3) is 2.69. The fourth-order valence-corrected chi connectivity index (χ4v) is 3.28. The maximum atomic E-state index is 5.60. The Morgan fingerprint density at radius 1 is 1.29 bits per heavy atom. The number of hydrogen-bond acceptors (Lipinski definition) is 6. The number of fused-ring (bicyclic) bond motifs is 1. The molecule has 1 atom stereocenters. The molecular weight excluding hydrogens is 288 g/mol. The first-order valence-electron chi connectivity index (χ1n) is 7.09. The van der Waals surface area contributed by atoms with Gasteiger partial charge in [-0.2, -0.15) is 0 Å². The lowest BCUT2D eigenvalue weighted by atomic mass is 10.1. The summed E-state index contributed by atoms with van der Waals surface area (Å²) in [6.07, 6.45) is 2.61. The van der Waals surface area contributed by atoms with Crippen LogP contribution in [-0.4, -0.2) is 31.0 Å². The van der Waals surface area contributed by atoms with E-state index in [0.717, 1.165) is 53.9 Å². The van der Waals surface area contributed by atoms with E-state index >= 15 is 0 Å². The second-order valence-corrected chi connectivity index (χ2v) is 5.98. The number of anilines is 1. The van der Waals surface area contributed by atoms with Gasteiger partial charge in [0.05, 0.1) is 11.8 Å². The summed E-state index contributed by atoms with van der Waals surface area (Å²) in [5, 5.41) is 6.34. The molecule has 2 aliphatic heterocycles. The average Bonchev–Trinajstić information content (AvgIpc) is 3.25. The van der Waals surface area contributed by atoms with Crippen LogP contribution in [0.5, 0.6) is 11.5 Å². The number of nitrogens with zero attached hydrogens (tertiary/aromatic N) is 1. The van der Waals surface area contributed by atoms with Gasteiger partial charge in [0.25, 0.3) is 0 Å². The Morgan fingerprint density at radius 3 is 3.14 bits per heavy atom. The van der Waals surface area contributed by atoms with E-state index in [-0.39, 0.29) is 0 Å². The van der Waals surface area contributed by atoms with Gasteiger partial charge in [-0.25, -0.2) is 4.98 Å². The Kier molecular flexibility index (Phi) is 3.40. The molecule has 1 unspecified atom stereocenters. The van der Waals surface area contributed by atoms with Crippen LogP contribution in [0.25, 0.3) is 11.3 Å². The highest BCUT2D eigenvalue weighted by Crippen LogP contribution is 2.36. The van der Waals surface area contributed by atoms with Gasteiger partial charge >= 0.3 is 0 Å². The van der Waals surface area contributed by atoms with Crippen LogP contribution in [0.15, 0.2) is 23.6 Å². The summed E-state index contributed by atoms with van der Waals surface area (Å²) in [7, 11) is 0. The SMILES string of the molecule is c1cc2c(cc1-c1csc(NCC3CCCO3)n1)OCO2. The first kappa shape index (κ1) is 12.9. The van der Waals surface area contributed by atoms with Crippen molar-refractivity contribution in [2.45, 2.75) is 18.9 Å². The minimum Gasteiger partial charge on any atom is -0.454 e. The Hall–Kier alpha value is -1.79. The first-order valence-corrected chi connectivity index (χ1v) is 7.97. The Bertz CT molecular complexity index is 638. The van der Waals surface area contributed by atoms with Gasteiger partial charge in [0, 0.05) is 24.1 Å². The molecule has 1 N–H and O–H groups in total. The highest BCUT2D eigenvalue weighted by atomic mass is 32.1. The topological polar surface area (TPSA) is 52.6 Å². The third-order valence-electron chi connectivity index (χ3n) is 3.68. The molecule has 6 heteroatoms. The molecule has 1 aromatic carbocycles. The van der Waals surface area contributed by atoms with E-state index in [1.165, 1.54) is 0 Å². The molecule has 5 nitrogen and oxygen atoms in total. The van der Waals surface area contributed by atoms with Gasteiger partial charge in [-0.05, 0) is 31.0 Å². The zero-order valence-electron chi connectivity index (χ0n) is 11.5. The highest BCUT2D eigenvalue weighted by molar-refractivity contribution is 7.14. The lowest BCUT2D eigenvalue weighted by Gasteiger charge is -2.09. The predicted molar refractivity (Wildman–Crippen MR) is 81.1 cm³/mol. The molecule has 1 aromatic heterocycles. The van der Waals surface area contributed by atoms with Crippen molar-refractivity contribution in [1.29, 1.82) is 0 Å². The van der Waals surface area contributed by atoms with Gasteiger partial charge in [-0.3, -0.25) is 0 Å². The molecule has 1 fully saturated rings. The minimum absolute atomic E-state index is 0.296. The van der Waals surface area contributed by atoms with Crippen LogP contribution in [0.4, 0.5) is 5.13 Å². The molecule has 3 heterocycles. The summed E-state index contributed by atoms with van der Waals surface area (Å²) in [4.78, 5) is 4.62. The molecule has 2 aliphatic rings. The van der Waals surface area contributed by atoms with E-state index in [0.29, 0.717) is 12.9 Å². The Labute approximate surface area is 126 Å². The molecule has 0 bridgehead atoms. The molecule has 2 aromatic rings. The summed E-state index contributed by atoms with van der Waals surface area (Å²) >= 11 is 1.61. The van der Waals surface area contributed by atoms with Gasteiger partial charge in [0.15, 0.2) is 16.6 Å². The van der Waals surface area contributed by atoms with Crippen LogP contribution in [0, 0.1) is 0 Å². The molecule has 0 radical (unpaired) electrons. The van der Waals surface area contributed by atoms with E-state index < -0.39 is 0 Å². The smallest absolute Gasteiger partial charge is 0.231 e. The normalized spacial score (nSPS) is 19.9. The van der Waals surface area contributed by atoms with Gasteiger partial charge in [0.2, 0.25) is 6.79 Å². The number of thiazole rings is 1. The van der Waals surface area contributed by atoms with E-state index in [1.54, 1.807) is 11.3 Å². The molecule has 0 aliphatic carbocycles. The molecule has 0 saturated carbocycles. The van der Waals surface area contributed by atoms with Gasteiger partial charge < -0.3 is 19.5 Å². The molecule has 110 valence electrons. The van der Waals surface area contributed by atoms with Crippen molar-refractivity contribution in [2.24, 2.45) is 0 Å². The standard InChI is InChI=1S/C15H16N2O3S/c1-2-11(18-5-1)7-16-15-17-12(8-21-15)10-3-4-13-14(6-10)20-9-19-13/h3-4,6,8,11H,1-2,5,7,9H2,(H,16,17). The van der Waals surface area contributed by atoms with Crippen molar-refractivity contribution in [3.05, 3.63) is 23.6 Å². The summed E-state index contributed by atoms with van der Waals surface area (Å²) in [6.45, 7) is 2.00. The fourth-order valence-electron chi connectivity index (χ4n) is 2.55. The molecule has 21 heavy (non-hydrogen) atoms. The maximum absolute atomic E-state index is 5.60. The van der Waals surface area contributed by atoms with E-state index in [4.69, 9.17) is 14.2 Å². The maximum Gasteiger partial charge on any atom is 0.231 e. The zero-order valence-corrected chi connectivity index (χ0v) is 12.3. The number of ether oxygens (including phenoxy) is 3. The number of aromatic nitrogens is 1. The van der Waals surface area contributed by atoms with Crippen LogP contribution in [0.3, 0.4) is 0 Å². The van der Waals surface area contributed by atoms with Gasteiger partial charge in [-0.1, -0.05) is 0 Å². The average molecular weight is 304 g/mol. The van der Waals surface area contributed by atoms with Crippen molar-refractivity contribution in [3.63, 3.8) is 0 Å². The van der Waals surface area contributed by atoms with Crippen molar-refractivity contribution < 1.29 is 14.2 Å². The fraction of sp³-hybridized carbons (Fsp3) is 0.400. The van der Waals surface area contributed by atoms with Crippen molar-refractivity contribution in [2.75, 3.05) is 25.3 Å². The van der Waals surface area contributed by atoms with Crippen molar-refractivity contribution >= 4 is 16.5 Å². The third-order valence-corrected chi connectivity index (χ3v) is 4.48. The number of rotatable bonds is 4.